The van der Waals surface area contributed by atoms with Crippen LogP contribution in [0.15, 0.2) is 12.1 Å². The Morgan fingerprint density at radius 1 is 1.38 bits per heavy atom. The van der Waals surface area contributed by atoms with Gasteiger partial charge in [0.2, 0.25) is 0 Å². The smallest absolute Gasteiger partial charge is 0.126 e. The first-order valence-corrected chi connectivity index (χ1v) is 6.15. The normalized spacial score (nSPS) is 11.1. The van der Waals surface area contributed by atoms with Crippen LogP contribution in [-0.4, -0.2) is 24.4 Å². The summed E-state index contributed by atoms with van der Waals surface area (Å²) in [6.07, 6.45) is 0.921. The third-order valence-corrected chi connectivity index (χ3v) is 3.06. The fourth-order valence-electron chi connectivity index (χ4n) is 1.51. The first-order valence-electron chi connectivity index (χ1n) is 5.23. The van der Waals surface area contributed by atoms with E-state index < -0.39 is 0 Å². The van der Waals surface area contributed by atoms with Gasteiger partial charge in [0.05, 0.1) is 0 Å². The van der Waals surface area contributed by atoms with E-state index >= 15 is 0 Å². The van der Waals surface area contributed by atoms with Crippen LogP contribution < -0.4 is 0 Å². The number of aryl methyl sites for hydroxylation is 1. The van der Waals surface area contributed by atoms with E-state index in [0.29, 0.717) is 23.0 Å². The van der Waals surface area contributed by atoms with Crippen LogP contribution in [0.2, 0.25) is 5.02 Å². The summed E-state index contributed by atoms with van der Waals surface area (Å²) in [4.78, 5) is 2.08. The zero-order chi connectivity index (χ0) is 12.1. The minimum atomic E-state index is -0.204. The van der Waals surface area contributed by atoms with Gasteiger partial charge in [0.1, 0.15) is 5.82 Å². The molecule has 0 aromatic heterocycles. The average molecular weight is 264 g/mol. The summed E-state index contributed by atoms with van der Waals surface area (Å²) in [6.45, 7) is 3.24. The first-order chi connectivity index (χ1) is 7.54. The predicted octanol–water partition coefficient (Wildman–Crippen LogP) is 3.85. The molecular weight excluding hydrogens is 248 g/mol. The monoisotopic (exact) mass is 263 g/mol. The van der Waals surface area contributed by atoms with Crippen molar-refractivity contribution >= 4 is 23.2 Å². The molecule has 1 aromatic carbocycles. The molecule has 0 aliphatic heterocycles. The van der Waals surface area contributed by atoms with Crippen LogP contribution >= 0.6 is 23.2 Å². The van der Waals surface area contributed by atoms with Crippen molar-refractivity contribution < 1.29 is 4.39 Å². The van der Waals surface area contributed by atoms with Crippen molar-refractivity contribution in [2.45, 2.75) is 19.9 Å². The van der Waals surface area contributed by atoms with Crippen molar-refractivity contribution in [1.82, 2.24) is 4.90 Å². The topological polar surface area (TPSA) is 3.24 Å². The predicted molar refractivity (Wildman–Crippen MR) is 67.8 cm³/mol. The molecule has 0 N–H and O–H groups in total. The fourth-order valence-corrected chi connectivity index (χ4v) is 1.91. The van der Waals surface area contributed by atoms with E-state index in [0.717, 1.165) is 18.5 Å². The lowest BCUT2D eigenvalue weighted by atomic mass is 10.1. The van der Waals surface area contributed by atoms with Gasteiger partial charge in [0, 0.05) is 17.4 Å². The third-order valence-electron chi connectivity index (χ3n) is 2.44. The minimum Gasteiger partial charge on any atom is -0.302 e. The van der Waals surface area contributed by atoms with Crippen molar-refractivity contribution in [3.05, 3.63) is 34.1 Å². The van der Waals surface area contributed by atoms with E-state index in [1.165, 1.54) is 6.07 Å². The second-order valence-corrected chi connectivity index (χ2v) is 4.76. The zero-order valence-corrected chi connectivity index (χ0v) is 11.1. The van der Waals surface area contributed by atoms with Crippen molar-refractivity contribution in [3.8, 4) is 0 Å². The van der Waals surface area contributed by atoms with Crippen molar-refractivity contribution in [1.29, 1.82) is 0 Å². The Morgan fingerprint density at radius 2 is 2.06 bits per heavy atom. The molecule has 0 amide bonds. The van der Waals surface area contributed by atoms with Gasteiger partial charge in [-0.1, -0.05) is 11.6 Å². The summed E-state index contributed by atoms with van der Waals surface area (Å²) in [6, 6.07) is 3.18. The lowest BCUT2D eigenvalue weighted by Crippen LogP contribution is -2.19. The second kappa shape index (κ2) is 6.43. The van der Waals surface area contributed by atoms with Crippen molar-refractivity contribution in [3.63, 3.8) is 0 Å². The summed E-state index contributed by atoms with van der Waals surface area (Å²) in [5.74, 6) is 0.436. The van der Waals surface area contributed by atoms with Gasteiger partial charge in [-0.3, -0.25) is 0 Å². The van der Waals surface area contributed by atoms with Crippen LogP contribution in [0.3, 0.4) is 0 Å². The Balaban J connectivity index is 2.69. The molecule has 0 atom stereocenters. The summed E-state index contributed by atoms with van der Waals surface area (Å²) < 4.78 is 13.4. The van der Waals surface area contributed by atoms with Gasteiger partial charge in [0.25, 0.3) is 0 Å². The molecule has 0 radical (unpaired) electrons. The van der Waals surface area contributed by atoms with E-state index in [4.69, 9.17) is 23.2 Å². The van der Waals surface area contributed by atoms with Crippen molar-refractivity contribution in [2.24, 2.45) is 0 Å². The lowest BCUT2D eigenvalue weighted by Gasteiger charge is -2.17. The third kappa shape index (κ3) is 3.93. The second-order valence-electron chi connectivity index (χ2n) is 3.97. The van der Waals surface area contributed by atoms with E-state index in [1.54, 1.807) is 13.0 Å². The highest BCUT2D eigenvalue weighted by atomic mass is 35.5. The van der Waals surface area contributed by atoms with E-state index in [2.05, 4.69) is 4.90 Å². The lowest BCUT2D eigenvalue weighted by molar-refractivity contribution is 0.328. The standard InChI is InChI=1S/C12H16Cl2FN/c1-9-6-11(14)10(7-12(9)15)8-16(2)5-3-4-13/h6-7H,3-5,8H2,1-2H3. The number of rotatable bonds is 5. The number of halogens is 3. The summed E-state index contributed by atoms with van der Waals surface area (Å²) in [5, 5.41) is 0.622. The van der Waals surface area contributed by atoms with E-state index in [-0.39, 0.29) is 5.82 Å². The molecule has 4 heteroatoms. The van der Waals surface area contributed by atoms with Gasteiger partial charge in [-0.05, 0) is 50.2 Å². The fraction of sp³-hybridized carbons (Fsp3) is 0.500. The molecule has 90 valence electrons. The van der Waals surface area contributed by atoms with E-state index in [9.17, 15) is 4.39 Å². The van der Waals surface area contributed by atoms with Crippen LogP contribution in [0.5, 0.6) is 0 Å². The number of alkyl halides is 1. The molecule has 0 aliphatic carbocycles. The Labute approximate surface area is 106 Å². The zero-order valence-electron chi connectivity index (χ0n) is 9.56. The number of benzene rings is 1. The first kappa shape index (κ1) is 13.8. The molecule has 1 nitrogen and oxygen atoms in total. The number of hydrogen-bond acceptors (Lipinski definition) is 1. The van der Waals surface area contributed by atoms with Crippen LogP contribution in [0, 0.1) is 12.7 Å². The Morgan fingerprint density at radius 3 is 2.69 bits per heavy atom. The molecule has 0 aliphatic rings. The van der Waals surface area contributed by atoms with Gasteiger partial charge in [-0.25, -0.2) is 4.39 Å². The van der Waals surface area contributed by atoms with Crippen LogP contribution in [0.1, 0.15) is 17.5 Å². The molecule has 0 fully saturated rings. The van der Waals surface area contributed by atoms with Gasteiger partial charge in [0.15, 0.2) is 0 Å². The number of nitrogens with zero attached hydrogens (tertiary/aromatic N) is 1. The quantitative estimate of drug-likeness (QED) is 0.730. The molecular formula is C12H16Cl2FN. The van der Waals surface area contributed by atoms with Crippen LogP contribution in [0.25, 0.3) is 0 Å². The maximum atomic E-state index is 13.4. The van der Waals surface area contributed by atoms with Crippen LogP contribution in [0.4, 0.5) is 4.39 Å². The molecule has 0 saturated heterocycles. The molecule has 0 saturated carbocycles. The van der Waals surface area contributed by atoms with Gasteiger partial charge in [-0.15, -0.1) is 11.6 Å². The largest absolute Gasteiger partial charge is 0.302 e. The average Bonchev–Trinajstić information content (AvgIpc) is 2.23. The Kier molecular flexibility index (Phi) is 5.53. The molecule has 1 rings (SSSR count). The van der Waals surface area contributed by atoms with Crippen LogP contribution in [-0.2, 0) is 6.54 Å². The van der Waals surface area contributed by atoms with Crippen molar-refractivity contribution in [2.75, 3.05) is 19.5 Å². The molecule has 16 heavy (non-hydrogen) atoms. The summed E-state index contributed by atoms with van der Waals surface area (Å²) >= 11 is 11.7. The summed E-state index contributed by atoms with van der Waals surface area (Å²) in [5.41, 5.74) is 1.40. The SMILES string of the molecule is Cc1cc(Cl)c(CN(C)CCCCl)cc1F. The summed E-state index contributed by atoms with van der Waals surface area (Å²) in [7, 11) is 1.97. The number of hydrogen-bond donors (Lipinski definition) is 0. The molecule has 0 spiro atoms. The molecule has 0 heterocycles. The minimum absolute atomic E-state index is 0.204. The highest BCUT2D eigenvalue weighted by molar-refractivity contribution is 6.31. The Bertz CT molecular complexity index is 355. The van der Waals surface area contributed by atoms with Gasteiger partial charge < -0.3 is 4.90 Å². The maximum Gasteiger partial charge on any atom is 0.126 e. The van der Waals surface area contributed by atoms with Gasteiger partial charge >= 0.3 is 0 Å². The van der Waals surface area contributed by atoms with Gasteiger partial charge in [-0.2, -0.15) is 0 Å². The maximum absolute atomic E-state index is 13.4. The molecule has 1 aromatic rings. The van der Waals surface area contributed by atoms with E-state index in [1.807, 2.05) is 7.05 Å². The Hall–Kier alpha value is -0.310. The molecule has 0 bridgehead atoms. The molecule has 0 unspecified atom stereocenters. The highest BCUT2D eigenvalue weighted by Crippen LogP contribution is 2.21. The highest BCUT2D eigenvalue weighted by Gasteiger charge is 2.08.